The van der Waals surface area contributed by atoms with E-state index in [1.54, 1.807) is 0 Å². The summed E-state index contributed by atoms with van der Waals surface area (Å²) in [5.74, 6) is 5.97. The molecule has 0 saturated heterocycles. The van der Waals surface area contributed by atoms with Gasteiger partial charge in [-0.1, -0.05) is 179 Å². The fourth-order valence-electron chi connectivity index (χ4n) is 11.4. The number of hydrogen-bond acceptors (Lipinski definition) is 0. The minimum absolute atomic E-state index is 0. The van der Waals surface area contributed by atoms with Crippen LogP contribution in [-0.2, 0) is 43.4 Å². The van der Waals surface area contributed by atoms with Crippen molar-refractivity contribution in [2.45, 2.75) is 186 Å². The van der Waals surface area contributed by atoms with Gasteiger partial charge in [0.15, 0.2) is 0 Å². The zero-order valence-corrected chi connectivity index (χ0v) is 40.2. The van der Waals surface area contributed by atoms with Gasteiger partial charge < -0.3 is 54.5 Å². The Balaban J connectivity index is -0.000000735. The van der Waals surface area contributed by atoms with E-state index in [-0.39, 0.29) is 99.1 Å². The fourth-order valence-corrected chi connectivity index (χ4v) is 21.1. The molecular weight excluding hydrogens is 672 g/mol. The molecule has 7 unspecified atom stereocenters. The first-order valence-corrected chi connectivity index (χ1v) is 23.6. The zero-order chi connectivity index (χ0) is 28.6. The van der Waals surface area contributed by atoms with Crippen LogP contribution in [0.15, 0.2) is 0 Å². The zero-order valence-electron chi connectivity index (χ0n) is 35.1. The van der Waals surface area contributed by atoms with Gasteiger partial charge in [0.25, 0.3) is 0 Å². The van der Waals surface area contributed by atoms with Crippen LogP contribution in [0, 0.1) is 80.1 Å². The molecule has 0 heterocycles. The van der Waals surface area contributed by atoms with E-state index in [0.29, 0.717) is 0 Å². The van der Waals surface area contributed by atoms with Gasteiger partial charge in [-0.25, -0.2) is 0 Å². The molecule has 0 amide bonds. The van der Waals surface area contributed by atoms with Gasteiger partial charge in [-0.05, 0) is 48.3 Å². The second-order valence-electron chi connectivity index (χ2n) is 18.0. The molecule has 4 aliphatic carbocycles. The molecule has 47 heavy (non-hydrogen) atoms. The number of hydrogen-bond donors (Lipinski definition) is 0. The van der Waals surface area contributed by atoms with Crippen molar-refractivity contribution < 1.29 is 43.4 Å². The molecule has 4 fully saturated rings. The summed E-state index contributed by atoms with van der Waals surface area (Å²) in [6, 6.07) is 0. The van der Waals surface area contributed by atoms with Crippen molar-refractivity contribution in [1.82, 2.24) is 0 Å². The molecule has 2 nitrogen and oxygen atoms in total. The summed E-state index contributed by atoms with van der Waals surface area (Å²) in [4.78, 5) is 11.2. The first-order chi connectivity index (χ1) is 18.1. The molecule has 0 bridgehead atoms. The predicted molar refractivity (Wildman–Crippen MR) is 217 cm³/mol. The monoisotopic (exact) mass is 759 g/mol. The molecule has 4 rings (SSSR count). The van der Waals surface area contributed by atoms with Crippen LogP contribution in [0.5, 0.6) is 0 Å². The minimum Gasteiger partial charge on any atom is -0.660 e. The molecule has 0 aromatic rings. The molecule has 0 aromatic carbocycles. The molecule has 6 heteroatoms. The molecule has 0 spiro atoms. The summed E-state index contributed by atoms with van der Waals surface area (Å²) in [6.07, 6.45) is 22.5. The van der Waals surface area contributed by atoms with Crippen LogP contribution in [0.2, 0.25) is 37.3 Å². The normalized spacial score (nSPS) is 30.0. The molecule has 8 atom stereocenters. The van der Waals surface area contributed by atoms with Gasteiger partial charge in [0.05, 0.1) is 0 Å². The maximum atomic E-state index is 5.59. The van der Waals surface area contributed by atoms with Crippen LogP contribution in [0.4, 0.5) is 0 Å². The average molecular weight is 759 g/mol. The molecule has 0 aromatic heterocycles. The minimum atomic E-state index is -1.62. The van der Waals surface area contributed by atoms with E-state index in [1.807, 2.05) is 0 Å². The number of rotatable bonds is 10. The van der Waals surface area contributed by atoms with E-state index in [1.165, 1.54) is 96.3 Å². The third-order valence-corrected chi connectivity index (χ3v) is 19.2. The molecule has 0 N–H and O–H groups in total. The fraction of sp³-hybridized carbons (Fsp3) is 0.854. The number of nitrogens with zero attached hydrogens (tertiary/aromatic N) is 2. The Hall–Kier alpha value is 1.78. The van der Waals surface area contributed by atoms with Crippen LogP contribution in [-0.4, -0.2) is 27.5 Å². The van der Waals surface area contributed by atoms with Crippen molar-refractivity contribution in [2.24, 2.45) is 35.5 Å². The van der Waals surface area contributed by atoms with E-state index in [4.69, 9.17) is 9.96 Å². The maximum Gasteiger partial charge on any atom is 4.00 e. The summed E-state index contributed by atoms with van der Waals surface area (Å²) < 4.78 is 0. The Morgan fingerprint density at radius 2 is 0.787 bits per heavy atom. The van der Waals surface area contributed by atoms with Crippen LogP contribution in [0.25, 0.3) is 9.96 Å². The van der Waals surface area contributed by atoms with Crippen LogP contribution in [0.3, 0.4) is 0 Å². The Bertz CT molecular complexity index is 727. The Labute approximate surface area is 333 Å². The largest absolute Gasteiger partial charge is 4.00 e. The summed E-state index contributed by atoms with van der Waals surface area (Å²) in [5.41, 5.74) is 2.13. The Morgan fingerprint density at radius 3 is 1.09 bits per heavy atom. The van der Waals surface area contributed by atoms with Crippen LogP contribution >= 0.6 is 0 Å². The molecule has 0 radical (unpaired) electrons. The summed E-state index contributed by atoms with van der Waals surface area (Å²) in [6.45, 7) is 24.6. The van der Waals surface area contributed by atoms with Crippen molar-refractivity contribution >= 4 is 16.5 Å². The summed E-state index contributed by atoms with van der Waals surface area (Å²) >= 11 is 0. The summed E-state index contributed by atoms with van der Waals surface area (Å²) in [7, 11) is -3.23. The topological polar surface area (TPSA) is 28.2 Å². The maximum absolute atomic E-state index is 5.59. The molecule has 276 valence electrons. The van der Waals surface area contributed by atoms with Crippen molar-refractivity contribution in [2.75, 3.05) is 0 Å². The van der Waals surface area contributed by atoms with Gasteiger partial charge in [0.1, 0.15) is 0 Å². The summed E-state index contributed by atoms with van der Waals surface area (Å²) in [5, 5.41) is 0. The number of fused-ring (bicyclic) bond motifs is 2. The third kappa shape index (κ3) is 15.7. The quantitative estimate of drug-likeness (QED) is 0.121. The smallest absolute Gasteiger partial charge is 0.660 e. The van der Waals surface area contributed by atoms with Crippen molar-refractivity contribution in [3.05, 3.63) is 54.5 Å². The average Bonchev–Trinajstić information content (AvgIpc) is 3.34. The van der Waals surface area contributed by atoms with E-state index in [0.717, 1.165) is 46.6 Å². The Morgan fingerprint density at radius 1 is 0.489 bits per heavy atom. The third-order valence-electron chi connectivity index (χ3n) is 11.6. The second kappa shape index (κ2) is 23.4. The van der Waals surface area contributed by atoms with E-state index in [2.05, 4.69) is 67.7 Å². The van der Waals surface area contributed by atoms with Gasteiger partial charge in [0, 0.05) is 0 Å². The predicted octanol–water partition coefficient (Wildman–Crippen LogP) is 14.8. The van der Waals surface area contributed by atoms with Gasteiger partial charge in [-0.2, -0.15) is 0 Å². The number of unbranched alkanes of at least 4 members (excludes halogenated alkanes) is 2. The van der Waals surface area contributed by atoms with Crippen molar-refractivity contribution in [1.29, 1.82) is 0 Å². The van der Waals surface area contributed by atoms with Gasteiger partial charge in [-0.3, -0.25) is 0 Å². The van der Waals surface area contributed by atoms with Crippen LogP contribution in [0.1, 0.15) is 138 Å². The molecule has 4 saturated carbocycles. The molecular formula is C41H86N2Si2Ti2. The first kappa shape index (κ1) is 58.1. The van der Waals surface area contributed by atoms with Gasteiger partial charge in [-0.15, -0.1) is 11.1 Å². The molecule has 0 aliphatic heterocycles. The van der Waals surface area contributed by atoms with E-state index < -0.39 is 16.5 Å². The van der Waals surface area contributed by atoms with Crippen molar-refractivity contribution in [3.63, 3.8) is 0 Å². The Kier molecular flexibility index (Phi) is 29.0. The SMILES string of the molecule is CC(C)(C)[N-][Si](C)(C)C1C(CCCCCC2CC3CCCC[C@@H]3C2[Si](C)(C)[N-]C(C)(C)C)CC2CCCCC21.[CH3-].[CH3-].[CH3-].[CH3-].[CH3-].[CH3-].[Ti+4].[Ti+4]. The standard InChI is InChI=1S/C35H68N2Si2.6CH3.2Ti/c1-34(2,3)36-38(7,8)32-28(24-26-18-14-16-22-30(26)32)20-12-11-13-21-29-25-27-19-15-17-23-31(27)33(29)39(9,10)37-35(4,5)6;;;;;;;;/h26-33H,11-25H2,1-10H3;6*1H3;;/q-2;6*-1;2*+4/t26?,27?,28?,29?,30-,31?,32?,33?;;;;;;;;/m0......../s1. The van der Waals surface area contributed by atoms with E-state index in [9.17, 15) is 0 Å². The van der Waals surface area contributed by atoms with Crippen LogP contribution < -0.4 is 0 Å². The molecule has 4 aliphatic rings. The van der Waals surface area contributed by atoms with Gasteiger partial charge in [0.2, 0.25) is 0 Å². The van der Waals surface area contributed by atoms with E-state index >= 15 is 0 Å². The van der Waals surface area contributed by atoms with Gasteiger partial charge >= 0.3 is 43.4 Å². The second-order valence-corrected chi connectivity index (χ2v) is 26.4. The van der Waals surface area contributed by atoms with Crippen molar-refractivity contribution in [3.8, 4) is 0 Å². The first-order valence-electron chi connectivity index (χ1n) is 17.6.